The molecule has 3 fully saturated rings. The van der Waals surface area contributed by atoms with Gasteiger partial charge in [-0.2, -0.15) is 0 Å². The molecule has 0 aliphatic carbocycles. The lowest BCUT2D eigenvalue weighted by molar-refractivity contribution is -0.135. The van der Waals surface area contributed by atoms with E-state index in [4.69, 9.17) is 16.3 Å². The number of hydrogen-bond acceptors (Lipinski definition) is 6. The minimum absolute atomic E-state index is 0.119. The van der Waals surface area contributed by atoms with Gasteiger partial charge >= 0.3 is 6.03 Å². The fourth-order valence-corrected chi connectivity index (χ4v) is 5.10. The molecule has 9 heteroatoms. The van der Waals surface area contributed by atoms with Crippen LogP contribution in [0.3, 0.4) is 0 Å². The lowest BCUT2D eigenvalue weighted by atomic mass is 9.85. The lowest BCUT2D eigenvalue weighted by Gasteiger charge is -2.43. The first-order valence-electron chi connectivity index (χ1n) is 11.4. The molecule has 3 aliphatic heterocycles. The number of imide groups is 1. The van der Waals surface area contributed by atoms with Gasteiger partial charge in [0, 0.05) is 32.3 Å². The van der Waals surface area contributed by atoms with Crippen molar-refractivity contribution in [2.24, 2.45) is 0 Å². The van der Waals surface area contributed by atoms with E-state index in [9.17, 15) is 9.59 Å². The van der Waals surface area contributed by atoms with Gasteiger partial charge in [0.2, 0.25) is 5.91 Å². The second-order valence-electron chi connectivity index (χ2n) is 9.08. The summed E-state index contributed by atoms with van der Waals surface area (Å²) in [6.07, 6.45) is 4.47. The number of rotatable bonds is 5. The summed E-state index contributed by atoms with van der Waals surface area (Å²) in [4.78, 5) is 34.2. The summed E-state index contributed by atoms with van der Waals surface area (Å²) in [5.74, 6) is 0.782. The minimum atomic E-state index is -0.899. The topological polar surface area (TPSA) is 86.8 Å². The summed E-state index contributed by atoms with van der Waals surface area (Å²) in [5.41, 5.74) is 1.32. The van der Waals surface area contributed by atoms with E-state index in [1.807, 2.05) is 37.3 Å². The lowest BCUT2D eigenvalue weighted by Crippen LogP contribution is -2.62. The van der Waals surface area contributed by atoms with Crippen molar-refractivity contribution in [3.05, 3.63) is 47.1 Å². The molecule has 1 aromatic carbocycles. The van der Waals surface area contributed by atoms with Gasteiger partial charge in [0.15, 0.2) is 0 Å². The second-order valence-corrected chi connectivity index (χ2v) is 9.46. The molecule has 3 saturated heterocycles. The maximum absolute atomic E-state index is 13.0. The minimum Gasteiger partial charge on any atom is -0.381 e. The van der Waals surface area contributed by atoms with Crippen LogP contribution in [0.2, 0.25) is 5.02 Å². The molecule has 1 atom stereocenters. The molecule has 3 aliphatic rings. The number of pyridine rings is 1. The van der Waals surface area contributed by atoms with Gasteiger partial charge < -0.3 is 20.3 Å². The zero-order valence-corrected chi connectivity index (χ0v) is 19.4. The number of ether oxygens (including phenoxy) is 1. The first-order chi connectivity index (χ1) is 15.9. The Morgan fingerprint density at radius 3 is 2.61 bits per heavy atom. The number of aromatic nitrogens is 1. The van der Waals surface area contributed by atoms with Crippen molar-refractivity contribution in [3.8, 4) is 0 Å². The first kappa shape index (κ1) is 22.0. The Labute approximate surface area is 198 Å². The highest BCUT2D eigenvalue weighted by molar-refractivity contribution is 6.34. The molecule has 4 heterocycles. The van der Waals surface area contributed by atoms with Crippen molar-refractivity contribution in [2.45, 2.75) is 44.2 Å². The van der Waals surface area contributed by atoms with Crippen LogP contribution >= 0.6 is 11.6 Å². The van der Waals surface area contributed by atoms with Crippen LogP contribution in [0, 0.1) is 0 Å². The van der Waals surface area contributed by atoms with E-state index in [1.54, 1.807) is 6.20 Å². The van der Waals surface area contributed by atoms with Crippen molar-refractivity contribution in [3.63, 3.8) is 0 Å². The van der Waals surface area contributed by atoms with E-state index in [0.717, 1.165) is 24.6 Å². The first-order valence-corrected chi connectivity index (χ1v) is 11.8. The standard InChI is InChI=1S/C24H28ClN5O3/c1-24(14-21(31)30(23(32)28-24)17-8-12-33-13-9-17)18-4-2-5-19(22(18)25)27-16-6-7-20(26-15-16)29-10-3-11-29/h2,4-7,15,17,27H,3,8-14H2,1H3,(H,28,32)/t24-/m0/s1. The highest BCUT2D eigenvalue weighted by atomic mass is 35.5. The molecule has 0 spiro atoms. The number of amides is 3. The van der Waals surface area contributed by atoms with Crippen LogP contribution in [-0.4, -0.2) is 54.2 Å². The smallest absolute Gasteiger partial charge is 0.325 e. The van der Waals surface area contributed by atoms with Crippen LogP contribution in [0.15, 0.2) is 36.5 Å². The van der Waals surface area contributed by atoms with Crippen molar-refractivity contribution in [2.75, 3.05) is 36.5 Å². The number of carbonyl (C=O) groups is 2. The van der Waals surface area contributed by atoms with Gasteiger partial charge in [0.05, 0.1) is 34.6 Å². The SMILES string of the molecule is C[C@@]1(c2cccc(Nc3ccc(N4CCC4)nc3)c2Cl)CC(=O)N(C2CCOCC2)C(=O)N1. The summed E-state index contributed by atoms with van der Waals surface area (Å²) in [5, 5.41) is 6.84. The molecule has 0 radical (unpaired) electrons. The summed E-state index contributed by atoms with van der Waals surface area (Å²) in [7, 11) is 0. The highest BCUT2D eigenvalue weighted by Gasteiger charge is 2.44. The van der Waals surface area contributed by atoms with Crippen LogP contribution in [-0.2, 0) is 15.1 Å². The fourth-order valence-electron chi connectivity index (χ4n) is 4.72. The van der Waals surface area contributed by atoms with Gasteiger partial charge in [0.1, 0.15) is 5.82 Å². The summed E-state index contributed by atoms with van der Waals surface area (Å²) < 4.78 is 5.37. The summed E-state index contributed by atoms with van der Waals surface area (Å²) >= 11 is 6.79. The van der Waals surface area contributed by atoms with Crippen LogP contribution in [0.4, 0.5) is 22.0 Å². The van der Waals surface area contributed by atoms with E-state index < -0.39 is 5.54 Å². The Morgan fingerprint density at radius 2 is 1.97 bits per heavy atom. The number of benzene rings is 1. The quantitative estimate of drug-likeness (QED) is 0.687. The number of nitrogens with zero attached hydrogens (tertiary/aromatic N) is 3. The summed E-state index contributed by atoms with van der Waals surface area (Å²) in [6.45, 7) is 5.06. The van der Waals surface area contributed by atoms with Gasteiger partial charge in [-0.1, -0.05) is 23.7 Å². The van der Waals surface area contributed by atoms with E-state index >= 15 is 0 Å². The third kappa shape index (κ3) is 4.25. The van der Waals surface area contributed by atoms with Crippen molar-refractivity contribution >= 4 is 40.7 Å². The number of carbonyl (C=O) groups excluding carboxylic acids is 2. The Balaban J connectivity index is 1.34. The molecule has 0 saturated carbocycles. The predicted octanol–water partition coefficient (Wildman–Crippen LogP) is 4.02. The average molecular weight is 470 g/mol. The maximum atomic E-state index is 13.0. The molecule has 1 aromatic heterocycles. The Morgan fingerprint density at radius 1 is 1.18 bits per heavy atom. The summed E-state index contributed by atoms with van der Waals surface area (Å²) in [6, 6.07) is 9.08. The largest absolute Gasteiger partial charge is 0.381 e. The molecular weight excluding hydrogens is 442 g/mol. The molecule has 8 nitrogen and oxygen atoms in total. The second kappa shape index (κ2) is 8.83. The Kier molecular flexibility index (Phi) is 5.88. The molecule has 2 aromatic rings. The highest BCUT2D eigenvalue weighted by Crippen LogP contribution is 2.39. The van der Waals surface area contributed by atoms with Gasteiger partial charge in [-0.25, -0.2) is 9.78 Å². The normalized spacial score (nSPS) is 23.8. The van der Waals surface area contributed by atoms with Crippen molar-refractivity contribution < 1.29 is 14.3 Å². The Hall–Kier alpha value is -2.84. The molecule has 33 heavy (non-hydrogen) atoms. The van der Waals surface area contributed by atoms with Crippen LogP contribution in [0.1, 0.15) is 38.2 Å². The zero-order valence-electron chi connectivity index (χ0n) is 18.6. The average Bonchev–Trinajstić information content (AvgIpc) is 2.75. The van der Waals surface area contributed by atoms with Crippen LogP contribution < -0.4 is 15.5 Å². The Bertz CT molecular complexity index is 1030. The van der Waals surface area contributed by atoms with E-state index in [0.29, 0.717) is 42.3 Å². The molecule has 174 valence electrons. The number of halogens is 1. The fraction of sp³-hybridized carbons (Fsp3) is 0.458. The van der Waals surface area contributed by atoms with Crippen molar-refractivity contribution in [1.82, 2.24) is 15.2 Å². The monoisotopic (exact) mass is 469 g/mol. The molecule has 2 N–H and O–H groups in total. The van der Waals surface area contributed by atoms with Crippen LogP contribution in [0.5, 0.6) is 0 Å². The number of urea groups is 1. The predicted molar refractivity (Wildman–Crippen MR) is 127 cm³/mol. The van der Waals surface area contributed by atoms with Gasteiger partial charge in [-0.3, -0.25) is 9.69 Å². The van der Waals surface area contributed by atoms with Gasteiger partial charge in [-0.05, 0) is 49.9 Å². The third-order valence-corrected chi connectivity index (χ3v) is 7.14. The molecule has 3 amide bonds. The number of nitrogens with one attached hydrogen (secondary N) is 2. The third-order valence-electron chi connectivity index (χ3n) is 6.73. The van der Waals surface area contributed by atoms with E-state index in [2.05, 4.69) is 20.5 Å². The molecule has 5 rings (SSSR count). The van der Waals surface area contributed by atoms with Crippen LogP contribution in [0.25, 0.3) is 0 Å². The number of anilines is 3. The maximum Gasteiger partial charge on any atom is 0.325 e. The van der Waals surface area contributed by atoms with E-state index in [1.165, 1.54) is 11.3 Å². The van der Waals surface area contributed by atoms with Gasteiger partial charge in [0.25, 0.3) is 0 Å². The molecule has 0 unspecified atom stereocenters. The van der Waals surface area contributed by atoms with Crippen molar-refractivity contribution in [1.29, 1.82) is 0 Å². The van der Waals surface area contributed by atoms with E-state index in [-0.39, 0.29) is 24.4 Å². The number of hydrogen-bond donors (Lipinski definition) is 2. The zero-order chi connectivity index (χ0) is 23.0. The molecular formula is C24H28ClN5O3. The molecule has 0 bridgehead atoms. The van der Waals surface area contributed by atoms with Gasteiger partial charge in [-0.15, -0.1) is 0 Å².